The number of nitrogens with zero attached hydrogens (tertiary/aromatic N) is 1. The maximum absolute atomic E-state index is 11.5. The Morgan fingerprint density at radius 3 is 2.70 bits per heavy atom. The number of halogens is 1. The molecule has 2 aromatic carbocycles. The molecule has 0 unspecified atom stereocenters. The molecule has 0 bridgehead atoms. The molecular weight excluding hydrogens is 384 g/mol. The molecule has 2 aromatic rings. The van der Waals surface area contributed by atoms with E-state index in [1.807, 2.05) is 18.2 Å². The first-order chi connectivity index (χ1) is 12.9. The van der Waals surface area contributed by atoms with Gasteiger partial charge in [-0.2, -0.15) is 0 Å². The Morgan fingerprint density at radius 2 is 2.00 bits per heavy atom. The highest BCUT2D eigenvalue weighted by molar-refractivity contribution is 7.90. The van der Waals surface area contributed by atoms with Crippen molar-refractivity contribution in [3.05, 3.63) is 59.1 Å². The molecule has 1 aliphatic heterocycles. The average molecular weight is 409 g/mol. The molecule has 1 aliphatic rings. The van der Waals surface area contributed by atoms with Gasteiger partial charge in [-0.3, -0.25) is 0 Å². The van der Waals surface area contributed by atoms with E-state index in [2.05, 4.69) is 16.3 Å². The zero-order valence-corrected chi connectivity index (χ0v) is 17.0. The first-order valence-electron chi connectivity index (χ1n) is 9.03. The van der Waals surface area contributed by atoms with Crippen molar-refractivity contribution in [1.82, 2.24) is 10.2 Å². The van der Waals surface area contributed by atoms with Gasteiger partial charge in [-0.1, -0.05) is 23.7 Å². The molecule has 146 valence electrons. The second kappa shape index (κ2) is 9.06. The molecule has 0 aromatic heterocycles. The molecule has 3 rings (SSSR count). The quantitative estimate of drug-likeness (QED) is 0.763. The number of ether oxygens (including phenoxy) is 1. The Balaban J connectivity index is 1.47. The molecule has 0 saturated carbocycles. The molecule has 5 nitrogen and oxygen atoms in total. The van der Waals surface area contributed by atoms with Crippen LogP contribution >= 0.6 is 11.6 Å². The number of rotatable bonds is 7. The number of benzene rings is 2. The van der Waals surface area contributed by atoms with Crippen LogP contribution in [0.2, 0.25) is 5.02 Å². The van der Waals surface area contributed by atoms with Crippen molar-refractivity contribution in [3.8, 4) is 5.75 Å². The molecule has 27 heavy (non-hydrogen) atoms. The lowest BCUT2D eigenvalue weighted by molar-refractivity contribution is 0.159. The predicted molar refractivity (Wildman–Crippen MR) is 108 cm³/mol. The Labute approximate surface area is 166 Å². The van der Waals surface area contributed by atoms with E-state index in [4.69, 9.17) is 16.3 Å². The minimum Gasteiger partial charge on any atom is -0.492 e. The molecule has 1 N–H and O–H groups in total. The average Bonchev–Trinajstić information content (AvgIpc) is 2.65. The monoisotopic (exact) mass is 408 g/mol. The van der Waals surface area contributed by atoms with Crippen LogP contribution in [0.4, 0.5) is 0 Å². The molecule has 7 heteroatoms. The third-order valence-corrected chi connectivity index (χ3v) is 6.01. The highest BCUT2D eigenvalue weighted by Gasteiger charge is 2.19. The van der Waals surface area contributed by atoms with Crippen molar-refractivity contribution in [2.45, 2.75) is 17.4 Å². The van der Waals surface area contributed by atoms with Crippen LogP contribution in [0, 0.1) is 0 Å². The van der Waals surface area contributed by atoms with Gasteiger partial charge in [0.15, 0.2) is 9.84 Å². The Hall–Kier alpha value is -1.60. The van der Waals surface area contributed by atoms with Gasteiger partial charge in [0.1, 0.15) is 12.4 Å². The van der Waals surface area contributed by atoms with Crippen LogP contribution in [0.3, 0.4) is 0 Å². The minimum absolute atomic E-state index is 0.243. The van der Waals surface area contributed by atoms with Gasteiger partial charge < -0.3 is 15.0 Å². The van der Waals surface area contributed by atoms with Crippen LogP contribution in [-0.4, -0.2) is 58.4 Å². The van der Waals surface area contributed by atoms with Gasteiger partial charge >= 0.3 is 0 Å². The van der Waals surface area contributed by atoms with Crippen molar-refractivity contribution in [1.29, 1.82) is 0 Å². The third-order valence-electron chi connectivity index (χ3n) is 4.65. The molecule has 0 aliphatic carbocycles. The predicted octanol–water partition coefficient (Wildman–Crippen LogP) is 2.64. The standard InChI is InChI=1S/C20H25ClN2O3S/c1-27(24,25)20-7-5-19(6-8-20)26-15-18-14-23(12-10-22-18)11-9-16-3-2-4-17(21)13-16/h2-8,13,18,22H,9-12,14-15H2,1H3/t18-/m0/s1. The van der Waals surface area contributed by atoms with Gasteiger partial charge in [0.05, 0.1) is 10.9 Å². The van der Waals surface area contributed by atoms with E-state index in [-0.39, 0.29) is 6.04 Å². The van der Waals surface area contributed by atoms with Crippen LogP contribution < -0.4 is 10.1 Å². The van der Waals surface area contributed by atoms with Crippen LogP contribution in [0.5, 0.6) is 5.75 Å². The lowest BCUT2D eigenvalue weighted by Gasteiger charge is -2.33. The van der Waals surface area contributed by atoms with Crippen LogP contribution in [0.15, 0.2) is 53.4 Å². The minimum atomic E-state index is -3.18. The smallest absolute Gasteiger partial charge is 0.175 e. The fraction of sp³-hybridized carbons (Fsp3) is 0.400. The largest absolute Gasteiger partial charge is 0.492 e. The lowest BCUT2D eigenvalue weighted by Crippen LogP contribution is -2.53. The van der Waals surface area contributed by atoms with Gasteiger partial charge in [0, 0.05) is 37.5 Å². The summed E-state index contributed by atoms with van der Waals surface area (Å²) in [7, 11) is -3.18. The zero-order valence-electron chi connectivity index (χ0n) is 15.4. The first-order valence-corrected chi connectivity index (χ1v) is 11.3. The molecule has 1 atom stereocenters. The normalized spacial score (nSPS) is 18.4. The highest BCUT2D eigenvalue weighted by atomic mass is 35.5. The van der Waals surface area contributed by atoms with Crippen molar-refractivity contribution in [2.24, 2.45) is 0 Å². The van der Waals surface area contributed by atoms with Gasteiger partial charge in [-0.25, -0.2) is 8.42 Å². The third kappa shape index (κ3) is 6.21. The maximum Gasteiger partial charge on any atom is 0.175 e. The van der Waals surface area contributed by atoms with Crippen molar-refractivity contribution in [2.75, 3.05) is 39.0 Å². The summed E-state index contributed by atoms with van der Waals surface area (Å²) in [6.07, 6.45) is 2.17. The van der Waals surface area contributed by atoms with E-state index < -0.39 is 9.84 Å². The van der Waals surface area contributed by atoms with Gasteiger partial charge in [-0.15, -0.1) is 0 Å². The Kier molecular flexibility index (Phi) is 6.76. The second-order valence-electron chi connectivity index (χ2n) is 6.89. The molecule has 0 amide bonds. The summed E-state index contributed by atoms with van der Waals surface area (Å²) in [5.74, 6) is 0.681. The summed E-state index contributed by atoms with van der Waals surface area (Å²) in [6.45, 7) is 4.40. The molecule has 1 fully saturated rings. The van der Waals surface area contributed by atoms with Gasteiger partial charge in [0.2, 0.25) is 0 Å². The van der Waals surface area contributed by atoms with Crippen LogP contribution in [0.1, 0.15) is 5.56 Å². The maximum atomic E-state index is 11.5. The summed E-state index contributed by atoms with van der Waals surface area (Å²) in [6, 6.07) is 14.8. The number of piperazine rings is 1. The fourth-order valence-electron chi connectivity index (χ4n) is 3.17. The van der Waals surface area contributed by atoms with E-state index in [1.54, 1.807) is 24.3 Å². The molecule has 1 saturated heterocycles. The molecule has 0 radical (unpaired) electrons. The highest BCUT2D eigenvalue weighted by Crippen LogP contribution is 2.16. The van der Waals surface area contributed by atoms with Crippen molar-refractivity contribution >= 4 is 21.4 Å². The number of hydrogen-bond donors (Lipinski definition) is 1. The summed E-state index contributed by atoms with van der Waals surface area (Å²) in [4.78, 5) is 2.73. The number of nitrogens with one attached hydrogen (secondary N) is 1. The summed E-state index contributed by atoms with van der Waals surface area (Å²) in [5.41, 5.74) is 1.25. The van der Waals surface area contributed by atoms with E-state index in [0.29, 0.717) is 17.3 Å². The second-order valence-corrected chi connectivity index (χ2v) is 9.34. The number of hydrogen-bond acceptors (Lipinski definition) is 5. The lowest BCUT2D eigenvalue weighted by atomic mass is 10.1. The number of sulfone groups is 1. The molecular formula is C20H25ClN2O3S. The van der Waals surface area contributed by atoms with E-state index in [0.717, 1.165) is 37.6 Å². The molecule has 0 spiro atoms. The van der Waals surface area contributed by atoms with Crippen molar-refractivity contribution in [3.63, 3.8) is 0 Å². The van der Waals surface area contributed by atoms with Crippen LogP contribution in [-0.2, 0) is 16.3 Å². The first kappa shape index (κ1) is 20.1. The SMILES string of the molecule is CS(=O)(=O)c1ccc(OC[C@@H]2CN(CCc3cccc(Cl)c3)CCN2)cc1. The summed E-state index contributed by atoms with van der Waals surface area (Å²) >= 11 is 6.05. The fourth-order valence-corrected chi connectivity index (χ4v) is 4.01. The van der Waals surface area contributed by atoms with Gasteiger partial charge in [0.25, 0.3) is 0 Å². The summed E-state index contributed by atoms with van der Waals surface area (Å²) < 4.78 is 28.8. The van der Waals surface area contributed by atoms with E-state index in [1.165, 1.54) is 11.8 Å². The van der Waals surface area contributed by atoms with E-state index >= 15 is 0 Å². The summed E-state index contributed by atoms with van der Waals surface area (Å²) in [5, 5.41) is 4.26. The van der Waals surface area contributed by atoms with Crippen molar-refractivity contribution < 1.29 is 13.2 Å². The van der Waals surface area contributed by atoms with E-state index in [9.17, 15) is 8.42 Å². The zero-order chi connectivity index (χ0) is 19.3. The van der Waals surface area contributed by atoms with Gasteiger partial charge in [-0.05, 0) is 48.4 Å². The topological polar surface area (TPSA) is 58.6 Å². The van der Waals surface area contributed by atoms with Crippen LogP contribution in [0.25, 0.3) is 0 Å². The Morgan fingerprint density at radius 1 is 1.22 bits per heavy atom. The Bertz CT molecular complexity index is 856. The molecule has 1 heterocycles.